The maximum absolute atomic E-state index is 5.44. The lowest BCUT2D eigenvalue weighted by Gasteiger charge is -2.21. The lowest BCUT2D eigenvalue weighted by Crippen LogP contribution is -2.21. The van der Waals surface area contributed by atoms with Gasteiger partial charge in [0.2, 0.25) is 16.8 Å². The molecule has 2 aromatic heterocycles. The fourth-order valence-corrected chi connectivity index (χ4v) is 5.05. The highest BCUT2D eigenvalue weighted by Crippen LogP contribution is 2.37. The number of anilines is 1. The normalized spacial score (nSPS) is 16.5. The average Bonchev–Trinajstić information content (AvgIpc) is 3.33. The lowest BCUT2D eigenvalue weighted by atomic mass is 9.96. The van der Waals surface area contributed by atoms with Crippen LogP contribution in [-0.2, 0) is 0 Å². The second kappa shape index (κ2) is 8.18. The molecule has 2 heterocycles. The van der Waals surface area contributed by atoms with Crippen molar-refractivity contribution in [2.75, 3.05) is 5.32 Å². The van der Waals surface area contributed by atoms with Gasteiger partial charge in [-0.25, -0.2) is 0 Å². The molecule has 0 radical (unpaired) electrons. The van der Waals surface area contributed by atoms with Gasteiger partial charge in [0.1, 0.15) is 0 Å². The molecule has 1 saturated carbocycles. The minimum absolute atomic E-state index is 0.0236. The maximum Gasteiger partial charge on any atom is 0.240 e. The van der Waals surface area contributed by atoms with Crippen LogP contribution in [0.2, 0.25) is 0 Å². The van der Waals surface area contributed by atoms with Gasteiger partial charge in [-0.15, -0.1) is 10.2 Å². The van der Waals surface area contributed by atoms with E-state index in [1.165, 1.54) is 32.1 Å². The van der Waals surface area contributed by atoms with Crippen LogP contribution in [0.4, 0.5) is 5.13 Å². The van der Waals surface area contributed by atoms with Gasteiger partial charge in [-0.2, -0.15) is 4.98 Å². The summed E-state index contributed by atoms with van der Waals surface area (Å²) in [6, 6.07) is 10.4. The summed E-state index contributed by atoms with van der Waals surface area (Å²) >= 11 is 3.19. The molecule has 26 heavy (non-hydrogen) atoms. The molecule has 1 N–H and O–H groups in total. The summed E-state index contributed by atoms with van der Waals surface area (Å²) in [7, 11) is 0. The Morgan fingerprint density at radius 3 is 2.77 bits per heavy atom. The third-order valence-corrected chi connectivity index (χ3v) is 6.46. The standard InChI is InChI=1S/C18H21N5OS2/c1-12(16-20-15(23-24-16)13-8-4-2-5-9-13)25-18-22-21-17(26-18)19-14-10-6-3-7-11-14/h2,4-5,8-9,12,14H,3,6-7,10-11H2,1H3,(H,19,21). The molecular weight excluding hydrogens is 366 g/mol. The number of rotatable bonds is 6. The molecule has 1 aromatic carbocycles. The molecule has 1 unspecified atom stereocenters. The van der Waals surface area contributed by atoms with Crippen LogP contribution < -0.4 is 5.32 Å². The smallest absolute Gasteiger partial charge is 0.240 e. The number of nitrogens with zero attached hydrogens (tertiary/aromatic N) is 4. The highest BCUT2D eigenvalue weighted by molar-refractivity contribution is 8.01. The Morgan fingerprint density at radius 1 is 1.15 bits per heavy atom. The van der Waals surface area contributed by atoms with Crippen LogP contribution in [0.25, 0.3) is 11.4 Å². The summed E-state index contributed by atoms with van der Waals surface area (Å²) in [5.41, 5.74) is 0.953. The predicted octanol–water partition coefficient (Wildman–Crippen LogP) is 5.19. The van der Waals surface area contributed by atoms with Gasteiger partial charge in [0.15, 0.2) is 4.34 Å². The van der Waals surface area contributed by atoms with Crippen molar-refractivity contribution < 1.29 is 4.52 Å². The number of hydrogen-bond donors (Lipinski definition) is 1. The van der Waals surface area contributed by atoms with Crippen LogP contribution in [0.5, 0.6) is 0 Å². The molecular formula is C18H21N5OS2. The van der Waals surface area contributed by atoms with Crippen molar-refractivity contribution in [3.05, 3.63) is 36.2 Å². The van der Waals surface area contributed by atoms with E-state index in [1.54, 1.807) is 23.1 Å². The molecule has 0 saturated heterocycles. The molecule has 8 heteroatoms. The Bertz CT molecular complexity index is 829. The van der Waals surface area contributed by atoms with Crippen LogP contribution in [0.3, 0.4) is 0 Å². The molecule has 0 spiro atoms. The highest BCUT2D eigenvalue weighted by atomic mass is 32.2. The molecule has 136 valence electrons. The highest BCUT2D eigenvalue weighted by Gasteiger charge is 2.20. The monoisotopic (exact) mass is 387 g/mol. The number of benzene rings is 1. The van der Waals surface area contributed by atoms with Crippen LogP contribution >= 0.6 is 23.1 Å². The zero-order valence-electron chi connectivity index (χ0n) is 14.6. The molecule has 0 bridgehead atoms. The number of hydrogen-bond acceptors (Lipinski definition) is 8. The Hall–Kier alpha value is -1.93. The van der Waals surface area contributed by atoms with Crippen LogP contribution in [-0.4, -0.2) is 26.4 Å². The van der Waals surface area contributed by atoms with E-state index in [4.69, 9.17) is 4.52 Å². The Morgan fingerprint density at radius 2 is 1.96 bits per heavy atom. The van der Waals surface area contributed by atoms with Gasteiger partial charge >= 0.3 is 0 Å². The van der Waals surface area contributed by atoms with E-state index in [0.29, 0.717) is 17.8 Å². The van der Waals surface area contributed by atoms with Gasteiger partial charge in [-0.3, -0.25) is 0 Å². The first-order valence-corrected chi connectivity index (χ1v) is 10.6. The number of nitrogens with one attached hydrogen (secondary N) is 1. The van der Waals surface area contributed by atoms with Crippen LogP contribution in [0.15, 0.2) is 39.2 Å². The first-order valence-electron chi connectivity index (χ1n) is 8.93. The van der Waals surface area contributed by atoms with Crippen molar-refractivity contribution in [2.24, 2.45) is 0 Å². The van der Waals surface area contributed by atoms with E-state index >= 15 is 0 Å². The van der Waals surface area contributed by atoms with Crippen molar-refractivity contribution in [1.29, 1.82) is 0 Å². The third kappa shape index (κ3) is 4.24. The largest absolute Gasteiger partial charge is 0.357 e. The van der Waals surface area contributed by atoms with Crippen molar-refractivity contribution in [3.63, 3.8) is 0 Å². The van der Waals surface area contributed by atoms with Gasteiger partial charge in [0, 0.05) is 11.6 Å². The summed E-state index contributed by atoms with van der Waals surface area (Å²) in [6.45, 7) is 2.04. The molecule has 1 aliphatic rings. The molecule has 4 rings (SSSR count). The van der Waals surface area contributed by atoms with Crippen molar-refractivity contribution >= 4 is 28.2 Å². The van der Waals surface area contributed by atoms with Gasteiger partial charge in [-0.05, 0) is 19.8 Å². The van der Waals surface area contributed by atoms with Crippen molar-refractivity contribution in [1.82, 2.24) is 20.3 Å². The molecule has 1 atom stereocenters. The Labute approximate surface area is 160 Å². The second-order valence-corrected chi connectivity index (χ2v) is 9.00. The Balaban J connectivity index is 1.37. The maximum atomic E-state index is 5.44. The first kappa shape index (κ1) is 17.5. The molecule has 1 fully saturated rings. The Kier molecular flexibility index (Phi) is 5.50. The predicted molar refractivity (Wildman–Crippen MR) is 104 cm³/mol. The zero-order valence-corrected chi connectivity index (χ0v) is 16.2. The molecule has 6 nitrogen and oxygen atoms in total. The zero-order chi connectivity index (χ0) is 17.8. The minimum atomic E-state index is 0.0236. The van der Waals surface area contributed by atoms with E-state index < -0.39 is 0 Å². The summed E-state index contributed by atoms with van der Waals surface area (Å²) in [5.74, 6) is 1.22. The molecule has 0 aliphatic heterocycles. The van der Waals surface area contributed by atoms with Crippen molar-refractivity contribution in [3.8, 4) is 11.4 Å². The van der Waals surface area contributed by atoms with Crippen LogP contribution in [0.1, 0.15) is 50.2 Å². The van der Waals surface area contributed by atoms with E-state index in [0.717, 1.165) is 15.0 Å². The SMILES string of the molecule is CC(Sc1nnc(NC2CCCCC2)s1)c1nc(-c2ccccc2)no1. The topological polar surface area (TPSA) is 76.7 Å². The van der Waals surface area contributed by atoms with Gasteiger partial charge in [0.25, 0.3) is 0 Å². The number of aromatic nitrogens is 4. The fraction of sp³-hybridized carbons (Fsp3) is 0.444. The van der Waals surface area contributed by atoms with E-state index in [1.807, 2.05) is 37.3 Å². The quantitative estimate of drug-likeness (QED) is 0.583. The minimum Gasteiger partial charge on any atom is -0.357 e. The summed E-state index contributed by atoms with van der Waals surface area (Å²) in [5, 5.41) is 17.1. The second-order valence-electron chi connectivity index (χ2n) is 6.43. The third-order valence-electron chi connectivity index (χ3n) is 4.44. The summed E-state index contributed by atoms with van der Waals surface area (Å²) in [4.78, 5) is 4.52. The van der Waals surface area contributed by atoms with E-state index in [9.17, 15) is 0 Å². The lowest BCUT2D eigenvalue weighted by molar-refractivity contribution is 0.381. The molecule has 1 aliphatic carbocycles. The molecule has 0 amide bonds. The van der Waals surface area contributed by atoms with Gasteiger partial charge < -0.3 is 9.84 Å². The fourth-order valence-electron chi connectivity index (χ4n) is 3.04. The summed E-state index contributed by atoms with van der Waals surface area (Å²) in [6.07, 6.45) is 6.40. The number of thioether (sulfide) groups is 1. The van der Waals surface area contributed by atoms with E-state index in [-0.39, 0.29) is 5.25 Å². The van der Waals surface area contributed by atoms with E-state index in [2.05, 4.69) is 25.7 Å². The summed E-state index contributed by atoms with van der Waals surface area (Å²) < 4.78 is 6.35. The van der Waals surface area contributed by atoms with Gasteiger partial charge in [0.05, 0.1) is 5.25 Å². The first-order chi connectivity index (χ1) is 12.8. The van der Waals surface area contributed by atoms with Crippen molar-refractivity contribution in [2.45, 2.75) is 54.7 Å². The molecule has 3 aromatic rings. The van der Waals surface area contributed by atoms with Crippen LogP contribution in [0, 0.1) is 0 Å². The van der Waals surface area contributed by atoms with Gasteiger partial charge in [-0.1, -0.05) is 77.8 Å². The average molecular weight is 388 g/mol.